The van der Waals surface area contributed by atoms with Crippen LogP contribution in [0.3, 0.4) is 0 Å². The molecular weight excluding hydrogens is 416 g/mol. The fourth-order valence-corrected chi connectivity index (χ4v) is 4.00. The highest BCUT2D eigenvalue weighted by atomic mass is 79.9. The van der Waals surface area contributed by atoms with Crippen LogP contribution in [0.1, 0.15) is 36.2 Å². The molecule has 2 aromatic rings. The molecule has 0 radical (unpaired) electrons. The van der Waals surface area contributed by atoms with Gasteiger partial charge in [0.25, 0.3) is 5.91 Å². The van der Waals surface area contributed by atoms with E-state index in [4.69, 9.17) is 0 Å². The summed E-state index contributed by atoms with van der Waals surface area (Å²) in [5, 5.41) is 8.64. The number of benzene rings is 1. The van der Waals surface area contributed by atoms with Crippen LogP contribution in [0.15, 0.2) is 34.1 Å². The number of nitrogens with one attached hydrogen (secondary N) is 2. The molecule has 0 bridgehead atoms. The number of thiazole rings is 1. The van der Waals surface area contributed by atoms with Crippen molar-refractivity contribution in [3.63, 3.8) is 0 Å². The zero-order chi connectivity index (χ0) is 18.1. The van der Waals surface area contributed by atoms with Crippen molar-refractivity contribution in [1.29, 1.82) is 0 Å². The SMILES string of the molecule is O=C(NC1CCCN(c2ccc(Br)cc2)C1=O)c1csc(NC2CC2)n1. The zero-order valence-corrected chi connectivity index (χ0v) is 16.5. The second-order valence-corrected chi connectivity index (χ2v) is 8.36. The molecule has 1 atom stereocenters. The molecule has 0 spiro atoms. The molecule has 1 aliphatic heterocycles. The minimum Gasteiger partial charge on any atom is -0.359 e. The molecule has 26 heavy (non-hydrogen) atoms. The first-order valence-electron chi connectivity index (χ1n) is 8.70. The number of nitrogens with zero attached hydrogens (tertiary/aromatic N) is 2. The van der Waals surface area contributed by atoms with E-state index in [0.717, 1.165) is 34.6 Å². The standard InChI is InChI=1S/C18H19BrN4O2S/c19-11-3-7-13(8-4-11)23-9-1-2-14(17(23)25)21-16(24)15-10-26-18(22-15)20-12-5-6-12/h3-4,7-8,10,12,14H,1-2,5-6,9H2,(H,20,22)(H,21,24). The molecule has 6 nitrogen and oxygen atoms in total. The minimum absolute atomic E-state index is 0.0709. The summed E-state index contributed by atoms with van der Waals surface area (Å²) < 4.78 is 0.967. The first-order valence-corrected chi connectivity index (χ1v) is 10.4. The normalized spacial score (nSPS) is 20.1. The van der Waals surface area contributed by atoms with Gasteiger partial charge < -0.3 is 15.5 Å². The molecule has 2 fully saturated rings. The topological polar surface area (TPSA) is 74.3 Å². The molecule has 1 saturated carbocycles. The fraction of sp³-hybridized carbons (Fsp3) is 0.389. The molecule has 4 rings (SSSR count). The maximum absolute atomic E-state index is 12.8. The van der Waals surface area contributed by atoms with Crippen LogP contribution in [0.5, 0.6) is 0 Å². The summed E-state index contributed by atoms with van der Waals surface area (Å²) in [5.41, 5.74) is 1.22. The predicted molar refractivity (Wildman–Crippen MR) is 106 cm³/mol. The van der Waals surface area contributed by atoms with Gasteiger partial charge in [0.05, 0.1) is 0 Å². The quantitative estimate of drug-likeness (QED) is 0.755. The highest BCUT2D eigenvalue weighted by molar-refractivity contribution is 9.10. The van der Waals surface area contributed by atoms with Gasteiger partial charge in [-0.05, 0) is 49.9 Å². The van der Waals surface area contributed by atoms with E-state index >= 15 is 0 Å². The third-order valence-electron chi connectivity index (χ3n) is 4.52. The number of aromatic nitrogens is 1. The van der Waals surface area contributed by atoms with Crippen LogP contribution in [-0.4, -0.2) is 35.4 Å². The zero-order valence-electron chi connectivity index (χ0n) is 14.1. The predicted octanol–water partition coefficient (Wildman–Crippen LogP) is 3.41. The average Bonchev–Trinajstić information content (AvgIpc) is 3.32. The van der Waals surface area contributed by atoms with Gasteiger partial charge in [-0.1, -0.05) is 15.9 Å². The second kappa shape index (κ2) is 7.36. The van der Waals surface area contributed by atoms with Crippen LogP contribution in [-0.2, 0) is 4.79 Å². The number of anilines is 2. The van der Waals surface area contributed by atoms with Gasteiger partial charge in [0.1, 0.15) is 11.7 Å². The largest absolute Gasteiger partial charge is 0.359 e. The number of rotatable bonds is 5. The van der Waals surface area contributed by atoms with Crippen molar-refractivity contribution in [2.24, 2.45) is 0 Å². The summed E-state index contributed by atoms with van der Waals surface area (Å²) in [7, 11) is 0. The van der Waals surface area contributed by atoms with Gasteiger partial charge >= 0.3 is 0 Å². The van der Waals surface area contributed by atoms with Crippen LogP contribution in [0.4, 0.5) is 10.8 Å². The Morgan fingerprint density at radius 3 is 2.73 bits per heavy atom. The van der Waals surface area contributed by atoms with Crippen molar-refractivity contribution >= 4 is 49.9 Å². The van der Waals surface area contributed by atoms with Gasteiger partial charge in [-0.2, -0.15) is 0 Å². The molecule has 136 valence electrons. The lowest BCUT2D eigenvalue weighted by molar-refractivity contribution is -0.121. The van der Waals surface area contributed by atoms with Crippen LogP contribution in [0, 0.1) is 0 Å². The van der Waals surface area contributed by atoms with Crippen LogP contribution >= 0.6 is 27.3 Å². The lowest BCUT2D eigenvalue weighted by Gasteiger charge is -2.32. The van der Waals surface area contributed by atoms with E-state index in [9.17, 15) is 9.59 Å². The van der Waals surface area contributed by atoms with Crippen LogP contribution in [0.2, 0.25) is 0 Å². The van der Waals surface area contributed by atoms with E-state index in [-0.39, 0.29) is 11.8 Å². The summed E-state index contributed by atoms with van der Waals surface area (Å²) in [6, 6.07) is 7.62. The number of carbonyl (C=O) groups excluding carboxylic acids is 2. The van der Waals surface area contributed by atoms with E-state index in [1.165, 1.54) is 11.3 Å². The Morgan fingerprint density at radius 1 is 1.23 bits per heavy atom. The van der Waals surface area contributed by atoms with Crippen molar-refractivity contribution in [1.82, 2.24) is 10.3 Å². The van der Waals surface area contributed by atoms with Crippen LogP contribution < -0.4 is 15.5 Å². The fourth-order valence-electron chi connectivity index (χ4n) is 2.97. The minimum atomic E-state index is -0.513. The first-order chi connectivity index (χ1) is 12.6. The lowest BCUT2D eigenvalue weighted by Crippen LogP contribution is -2.52. The van der Waals surface area contributed by atoms with E-state index < -0.39 is 6.04 Å². The van der Waals surface area contributed by atoms with Gasteiger partial charge in [-0.25, -0.2) is 4.98 Å². The molecule has 2 aliphatic rings. The highest BCUT2D eigenvalue weighted by Gasteiger charge is 2.31. The molecule has 8 heteroatoms. The van der Waals surface area contributed by atoms with Crippen LogP contribution in [0.25, 0.3) is 0 Å². The summed E-state index contributed by atoms with van der Waals surface area (Å²) in [5.74, 6) is -0.361. The maximum Gasteiger partial charge on any atom is 0.271 e. The van der Waals surface area contributed by atoms with Crippen molar-refractivity contribution < 1.29 is 9.59 Å². The molecule has 1 saturated heterocycles. The lowest BCUT2D eigenvalue weighted by atomic mass is 10.0. The Hall–Kier alpha value is -1.93. The first kappa shape index (κ1) is 17.5. The molecule has 2 heterocycles. The van der Waals surface area contributed by atoms with Gasteiger partial charge in [0.15, 0.2) is 5.13 Å². The number of hydrogen-bond donors (Lipinski definition) is 2. The molecule has 2 amide bonds. The van der Waals surface area contributed by atoms with Crippen molar-refractivity contribution in [2.45, 2.75) is 37.8 Å². The third kappa shape index (κ3) is 3.91. The van der Waals surface area contributed by atoms with E-state index in [0.29, 0.717) is 24.7 Å². The van der Waals surface area contributed by atoms with Gasteiger partial charge in [0, 0.05) is 28.1 Å². The van der Waals surface area contributed by atoms with Crippen molar-refractivity contribution in [3.05, 3.63) is 39.8 Å². The number of amides is 2. The average molecular weight is 435 g/mol. The summed E-state index contributed by atoms with van der Waals surface area (Å²) in [4.78, 5) is 31.4. The van der Waals surface area contributed by atoms with E-state index in [1.807, 2.05) is 24.3 Å². The number of hydrogen-bond acceptors (Lipinski definition) is 5. The molecule has 1 aliphatic carbocycles. The van der Waals surface area contributed by atoms with Gasteiger partial charge in [0.2, 0.25) is 5.91 Å². The second-order valence-electron chi connectivity index (χ2n) is 6.59. The Bertz CT molecular complexity index is 819. The maximum atomic E-state index is 12.8. The monoisotopic (exact) mass is 434 g/mol. The molecule has 1 unspecified atom stereocenters. The number of halogens is 1. The summed E-state index contributed by atoms with van der Waals surface area (Å²) in [6.45, 7) is 0.666. The molecule has 1 aromatic heterocycles. The van der Waals surface area contributed by atoms with E-state index in [2.05, 4.69) is 31.5 Å². The molecule has 2 N–H and O–H groups in total. The Morgan fingerprint density at radius 2 is 2.00 bits per heavy atom. The van der Waals surface area contributed by atoms with Gasteiger partial charge in [-0.3, -0.25) is 9.59 Å². The highest BCUT2D eigenvalue weighted by Crippen LogP contribution is 2.27. The van der Waals surface area contributed by atoms with Gasteiger partial charge in [-0.15, -0.1) is 11.3 Å². The van der Waals surface area contributed by atoms with Crippen molar-refractivity contribution in [2.75, 3.05) is 16.8 Å². The summed E-state index contributed by atoms with van der Waals surface area (Å²) in [6.07, 6.45) is 3.81. The number of carbonyl (C=O) groups is 2. The summed E-state index contributed by atoms with van der Waals surface area (Å²) >= 11 is 4.83. The van der Waals surface area contributed by atoms with Crippen molar-refractivity contribution in [3.8, 4) is 0 Å². The Kier molecular flexibility index (Phi) is 4.95. The number of piperidine rings is 1. The third-order valence-corrected chi connectivity index (χ3v) is 5.83. The molecule has 1 aromatic carbocycles. The Labute approximate surface area is 164 Å². The smallest absolute Gasteiger partial charge is 0.271 e. The van der Waals surface area contributed by atoms with E-state index in [1.54, 1.807) is 10.3 Å². The molecular formula is C18H19BrN4O2S. The Balaban J connectivity index is 1.41.